The van der Waals surface area contributed by atoms with E-state index >= 15 is 0 Å². The van der Waals surface area contributed by atoms with Crippen molar-refractivity contribution in [1.82, 2.24) is 0 Å². The highest BCUT2D eigenvalue weighted by molar-refractivity contribution is 7.92. The van der Waals surface area contributed by atoms with Gasteiger partial charge in [0.2, 0.25) is 0 Å². The smallest absolute Gasteiger partial charge is 0.155 e. The molecule has 0 aliphatic heterocycles. The SMILES string of the molecule is CC(=O)C(CCCl)CCS(=O)(=O)C(C)(C)C. The maximum absolute atomic E-state index is 11.8. The Bertz CT molecular complexity index is 328. The molecule has 0 saturated carbocycles. The van der Waals surface area contributed by atoms with Crippen molar-refractivity contribution in [3.8, 4) is 0 Å². The fraction of sp³-hybridized carbons (Fsp3) is 0.909. The molecule has 5 heteroatoms. The topological polar surface area (TPSA) is 51.2 Å². The van der Waals surface area contributed by atoms with Crippen molar-refractivity contribution in [1.29, 1.82) is 0 Å². The fourth-order valence-electron chi connectivity index (χ4n) is 1.29. The largest absolute Gasteiger partial charge is 0.300 e. The molecule has 0 amide bonds. The van der Waals surface area contributed by atoms with Crippen molar-refractivity contribution < 1.29 is 13.2 Å². The summed E-state index contributed by atoms with van der Waals surface area (Å²) in [5.41, 5.74) is 0. The number of halogens is 1. The van der Waals surface area contributed by atoms with Crippen LogP contribution in [0.1, 0.15) is 40.5 Å². The summed E-state index contributed by atoms with van der Waals surface area (Å²) < 4.78 is 22.9. The molecule has 3 nitrogen and oxygen atoms in total. The zero-order chi connectivity index (χ0) is 13.0. The first-order valence-electron chi connectivity index (χ1n) is 5.40. The van der Waals surface area contributed by atoms with Crippen LogP contribution in [-0.4, -0.2) is 30.6 Å². The summed E-state index contributed by atoms with van der Waals surface area (Å²) in [6, 6.07) is 0. The Morgan fingerprint density at radius 1 is 1.25 bits per heavy atom. The van der Waals surface area contributed by atoms with Gasteiger partial charge in [-0.2, -0.15) is 0 Å². The van der Waals surface area contributed by atoms with Crippen molar-refractivity contribution in [3.05, 3.63) is 0 Å². The van der Waals surface area contributed by atoms with Gasteiger partial charge in [-0.25, -0.2) is 8.42 Å². The predicted molar refractivity (Wildman–Crippen MR) is 67.7 cm³/mol. The number of carbonyl (C=O) groups is 1. The number of Topliss-reactive ketones (excluding diaryl/α,β-unsaturated/α-hetero) is 1. The van der Waals surface area contributed by atoms with Crippen molar-refractivity contribution in [2.24, 2.45) is 5.92 Å². The molecule has 0 aliphatic carbocycles. The van der Waals surface area contributed by atoms with E-state index in [9.17, 15) is 13.2 Å². The monoisotopic (exact) mass is 268 g/mol. The van der Waals surface area contributed by atoms with Crippen molar-refractivity contribution in [2.75, 3.05) is 11.6 Å². The van der Waals surface area contributed by atoms with E-state index in [0.717, 1.165) is 0 Å². The Balaban J connectivity index is 4.49. The summed E-state index contributed by atoms with van der Waals surface area (Å²) in [5.74, 6) is 0.233. The molecule has 0 aromatic carbocycles. The molecule has 1 unspecified atom stereocenters. The molecular weight excluding hydrogens is 248 g/mol. The van der Waals surface area contributed by atoms with Gasteiger partial charge in [0.25, 0.3) is 0 Å². The van der Waals surface area contributed by atoms with Gasteiger partial charge in [-0.05, 0) is 40.5 Å². The average molecular weight is 269 g/mol. The van der Waals surface area contributed by atoms with Gasteiger partial charge in [0.15, 0.2) is 9.84 Å². The molecule has 0 heterocycles. The molecular formula is C11H21ClO3S. The first-order valence-corrected chi connectivity index (χ1v) is 7.59. The number of alkyl halides is 1. The molecule has 0 rings (SSSR count). The Kier molecular flexibility index (Phi) is 5.98. The molecule has 96 valence electrons. The van der Waals surface area contributed by atoms with Crippen LogP contribution in [0.15, 0.2) is 0 Å². The number of sulfone groups is 1. The highest BCUT2D eigenvalue weighted by atomic mass is 35.5. The predicted octanol–water partition coefficient (Wildman–Crippen LogP) is 2.42. The third-order valence-corrected chi connectivity index (χ3v) is 5.56. The van der Waals surface area contributed by atoms with Crippen molar-refractivity contribution in [3.63, 3.8) is 0 Å². The average Bonchev–Trinajstić information content (AvgIpc) is 2.09. The Hall–Kier alpha value is -0.0900. The number of rotatable bonds is 6. The second kappa shape index (κ2) is 6.01. The second-order valence-corrected chi connectivity index (χ2v) is 8.25. The highest BCUT2D eigenvalue weighted by Gasteiger charge is 2.29. The Morgan fingerprint density at radius 2 is 1.75 bits per heavy atom. The quantitative estimate of drug-likeness (QED) is 0.695. The normalized spacial score (nSPS) is 14.8. The van der Waals surface area contributed by atoms with Crippen LogP contribution < -0.4 is 0 Å². The third-order valence-electron chi connectivity index (χ3n) is 2.70. The summed E-state index contributed by atoms with van der Waals surface area (Å²) >= 11 is 5.58. The minimum Gasteiger partial charge on any atom is -0.300 e. The summed E-state index contributed by atoms with van der Waals surface area (Å²) in [7, 11) is -3.14. The van der Waals surface area contributed by atoms with Crippen LogP contribution in [0, 0.1) is 5.92 Å². The molecule has 0 radical (unpaired) electrons. The first-order chi connectivity index (χ1) is 7.12. The number of hydrogen-bond acceptors (Lipinski definition) is 3. The summed E-state index contributed by atoms with van der Waals surface area (Å²) in [5, 5.41) is 0. The lowest BCUT2D eigenvalue weighted by Crippen LogP contribution is -2.31. The third kappa shape index (κ3) is 4.83. The lowest BCUT2D eigenvalue weighted by molar-refractivity contribution is -0.120. The molecule has 1 atom stereocenters. The maximum Gasteiger partial charge on any atom is 0.155 e. The molecule has 0 fully saturated rings. The number of carbonyl (C=O) groups excluding carboxylic acids is 1. The summed E-state index contributed by atoms with van der Waals surface area (Å²) in [4.78, 5) is 11.2. The van der Waals surface area contributed by atoms with Crippen molar-refractivity contribution >= 4 is 27.2 Å². The number of ketones is 1. The van der Waals surface area contributed by atoms with Crippen LogP contribution in [0.2, 0.25) is 0 Å². The van der Waals surface area contributed by atoms with E-state index in [2.05, 4.69) is 0 Å². The number of hydrogen-bond donors (Lipinski definition) is 0. The van der Waals surface area contributed by atoms with Crippen LogP contribution >= 0.6 is 11.6 Å². The van der Waals surface area contributed by atoms with Gasteiger partial charge in [0, 0.05) is 11.8 Å². The van der Waals surface area contributed by atoms with E-state index in [1.807, 2.05) is 0 Å². The molecule has 16 heavy (non-hydrogen) atoms. The van der Waals surface area contributed by atoms with Crippen LogP contribution in [0.5, 0.6) is 0 Å². The van der Waals surface area contributed by atoms with E-state index in [0.29, 0.717) is 18.7 Å². The summed E-state index contributed by atoms with van der Waals surface area (Å²) in [6.07, 6.45) is 0.929. The molecule has 0 spiro atoms. The zero-order valence-electron chi connectivity index (χ0n) is 10.4. The van der Waals surface area contributed by atoms with Crippen molar-refractivity contribution in [2.45, 2.75) is 45.3 Å². The Morgan fingerprint density at radius 3 is 2.06 bits per heavy atom. The highest BCUT2D eigenvalue weighted by Crippen LogP contribution is 2.20. The standard InChI is InChI=1S/C11H21ClO3S/c1-9(13)10(5-7-12)6-8-16(14,15)11(2,3)4/h10H,5-8H2,1-4H3. The van der Waals surface area contributed by atoms with Crippen LogP contribution in [0.25, 0.3) is 0 Å². The Labute approximate surface area is 103 Å². The molecule has 0 N–H and O–H groups in total. The van der Waals surface area contributed by atoms with Gasteiger partial charge in [0.05, 0.1) is 10.5 Å². The first kappa shape index (κ1) is 15.9. The summed E-state index contributed by atoms with van der Waals surface area (Å²) in [6.45, 7) is 6.51. The van der Waals surface area contributed by atoms with Crippen LogP contribution in [0.3, 0.4) is 0 Å². The van der Waals surface area contributed by atoms with E-state index < -0.39 is 14.6 Å². The molecule has 0 aromatic rings. The van der Waals surface area contributed by atoms with E-state index in [1.54, 1.807) is 20.8 Å². The fourth-order valence-corrected chi connectivity index (χ4v) is 2.76. The molecule has 0 saturated heterocycles. The van der Waals surface area contributed by atoms with Crippen LogP contribution in [-0.2, 0) is 14.6 Å². The minimum absolute atomic E-state index is 0.0183. The molecule has 0 aliphatic rings. The van der Waals surface area contributed by atoms with Gasteiger partial charge in [-0.1, -0.05) is 0 Å². The molecule has 0 bridgehead atoms. The van der Waals surface area contributed by atoms with Gasteiger partial charge >= 0.3 is 0 Å². The maximum atomic E-state index is 11.8. The van der Waals surface area contributed by atoms with E-state index in [1.165, 1.54) is 6.92 Å². The van der Waals surface area contributed by atoms with Gasteiger partial charge in [-0.15, -0.1) is 11.6 Å². The second-order valence-electron chi connectivity index (χ2n) is 5.01. The lowest BCUT2D eigenvalue weighted by atomic mass is 9.99. The lowest BCUT2D eigenvalue weighted by Gasteiger charge is -2.20. The molecule has 0 aromatic heterocycles. The van der Waals surface area contributed by atoms with E-state index in [4.69, 9.17) is 11.6 Å². The van der Waals surface area contributed by atoms with E-state index in [-0.39, 0.29) is 17.5 Å². The van der Waals surface area contributed by atoms with Gasteiger partial charge in [0.1, 0.15) is 5.78 Å². The minimum atomic E-state index is -3.14. The van der Waals surface area contributed by atoms with Crippen LogP contribution in [0.4, 0.5) is 0 Å². The van der Waals surface area contributed by atoms with Gasteiger partial charge < -0.3 is 0 Å². The van der Waals surface area contributed by atoms with Gasteiger partial charge in [-0.3, -0.25) is 4.79 Å². The zero-order valence-corrected chi connectivity index (χ0v) is 12.0.